The lowest BCUT2D eigenvalue weighted by Gasteiger charge is -2.25. The van der Waals surface area contributed by atoms with Crippen molar-refractivity contribution in [3.63, 3.8) is 0 Å². The van der Waals surface area contributed by atoms with Gasteiger partial charge in [-0.1, -0.05) is 29.8 Å². The average Bonchev–Trinajstić information content (AvgIpc) is 3.04. The number of benzene rings is 2. The summed E-state index contributed by atoms with van der Waals surface area (Å²) in [7, 11) is 3.86. The topological polar surface area (TPSA) is 73.7 Å². The van der Waals surface area contributed by atoms with Crippen LogP contribution in [0.2, 0.25) is 5.02 Å². The summed E-state index contributed by atoms with van der Waals surface area (Å²) in [4.78, 5) is 34.0. The lowest BCUT2D eigenvalue weighted by molar-refractivity contribution is -0.132. The fraction of sp³-hybridized carbons (Fsp3) is 0.160. The van der Waals surface area contributed by atoms with Gasteiger partial charge in [-0.05, 0) is 61.0 Å². The zero-order chi connectivity index (χ0) is 23.0. The Labute approximate surface area is 191 Å². The minimum atomic E-state index is -0.823. The van der Waals surface area contributed by atoms with E-state index >= 15 is 0 Å². The third kappa shape index (κ3) is 3.85. The second kappa shape index (κ2) is 8.48. The van der Waals surface area contributed by atoms with Crippen LogP contribution in [-0.4, -0.2) is 35.9 Å². The lowest BCUT2D eigenvalue weighted by Crippen LogP contribution is -2.30. The number of rotatable bonds is 4. The molecule has 32 heavy (non-hydrogen) atoms. The van der Waals surface area contributed by atoms with E-state index in [-0.39, 0.29) is 11.3 Å². The highest BCUT2D eigenvalue weighted by Crippen LogP contribution is 2.42. The summed E-state index contributed by atoms with van der Waals surface area (Å²) < 4.78 is 0. The Kier molecular flexibility index (Phi) is 5.72. The molecule has 1 atom stereocenters. The Bertz CT molecular complexity index is 1220. The van der Waals surface area contributed by atoms with Crippen molar-refractivity contribution in [2.45, 2.75) is 13.0 Å². The number of halogens is 1. The number of aliphatic hydroxyl groups is 1. The predicted molar refractivity (Wildman–Crippen MR) is 126 cm³/mol. The maximum Gasteiger partial charge on any atom is 0.301 e. The quantitative estimate of drug-likeness (QED) is 0.355. The zero-order valence-electron chi connectivity index (χ0n) is 17.9. The summed E-state index contributed by atoms with van der Waals surface area (Å²) in [6, 6.07) is 18.4. The standard InChI is InChI=1S/C25H22ClN3O3/c1-15-5-4-6-20(27-15)29-22(16-9-13-19(14-10-16)28(2)3)21(24(31)25(29)32)23(30)17-7-11-18(26)12-8-17/h4-14,22,30H,1-3H3/t22-/m0/s1. The molecule has 1 aliphatic rings. The summed E-state index contributed by atoms with van der Waals surface area (Å²) in [5.41, 5.74) is 2.78. The highest BCUT2D eigenvalue weighted by atomic mass is 35.5. The molecule has 162 valence electrons. The number of amides is 1. The SMILES string of the molecule is Cc1cccc(N2C(=O)C(=O)C(=C(O)c3ccc(Cl)cc3)[C@@H]2c2ccc(N(C)C)cc2)n1. The van der Waals surface area contributed by atoms with E-state index in [1.165, 1.54) is 4.90 Å². The van der Waals surface area contributed by atoms with Crippen LogP contribution in [0.15, 0.2) is 72.3 Å². The number of aryl methyl sites for hydroxylation is 1. The van der Waals surface area contributed by atoms with Crippen molar-refractivity contribution in [3.8, 4) is 0 Å². The third-order valence-electron chi connectivity index (χ3n) is 5.41. The van der Waals surface area contributed by atoms with E-state index < -0.39 is 17.7 Å². The summed E-state index contributed by atoms with van der Waals surface area (Å²) in [5, 5.41) is 11.6. The fourth-order valence-electron chi connectivity index (χ4n) is 3.77. The van der Waals surface area contributed by atoms with Crippen molar-refractivity contribution < 1.29 is 14.7 Å². The maximum absolute atomic E-state index is 13.1. The van der Waals surface area contributed by atoms with E-state index in [2.05, 4.69) is 4.98 Å². The van der Waals surface area contributed by atoms with Crippen molar-refractivity contribution in [1.29, 1.82) is 0 Å². The van der Waals surface area contributed by atoms with Crippen LogP contribution in [0.3, 0.4) is 0 Å². The molecule has 1 amide bonds. The van der Waals surface area contributed by atoms with Gasteiger partial charge in [-0.3, -0.25) is 14.5 Å². The van der Waals surface area contributed by atoms with E-state index in [4.69, 9.17) is 11.6 Å². The van der Waals surface area contributed by atoms with Crippen LogP contribution in [0.4, 0.5) is 11.5 Å². The van der Waals surface area contributed by atoms with Crippen LogP contribution >= 0.6 is 11.6 Å². The molecule has 6 nitrogen and oxygen atoms in total. The van der Waals surface area contributed by atoms with Crippen molar-refractivity contribution in [2.24, 2.45) is 0 Å². The number of anilines is 2. The van der Waals surface area contributed by atoms with Crippen molar-refractivity contribution >= 4 is 40.6 Å². The Hall–Kier alpha value is -3.64. The first kappa shape index (κ1) is 21.6. The molecule has 0 spiro atoms. The molecule has 2 heterocycles. The Balaban J connectivity index is 1.93. The number of nitrogens with zero attached hydrogens (tertiary/aromatic N) is 3. The summed E-state index contributed by atoms with van der Waals surface area (Å²) in [6.07, 6.45) is 0. The van der Waals surface area contributed by atoms with E-state index in [1.807, 2.05) is 56.3 Å². The number of aliphatic hydroxyl groups excluding tert-OH is 1. The molecule has 7 heteroatoms. The number of pyridine rings is 1. The van der Waals surface area contributed by atoms with Gasteiger partial charge in [0.15, 0.2) is 0 Å². The van der Waals surface area contributed by atoms with Gasteiger partial charge in [0.1, 0.15) is 11.6 Å². The fourth-order valence-corrected chi connectivity index (χ4v) is 3.89. The number of hydrogen-bond donors (Lipinski definition) is 1. The maximum atomic E-state index is 13.1. The molecule has 1 saturated heterocycles. The Morgan fingerprint density at radius 2 is 1.66 bits per heavy atom. The van der Waals surface area contributed by atoms with Crippen LogP contribution in [0.25, 0.3) is 5.76 Å². The molecule has 0 saturated carbocycles. The van der Waals surface area contributed by atoms with Gasteiger partial charge in [0.25, 0.3) is 5.78 Å². The van der Waals surface area contributed by atoms with Gasteiger partial charge in [-0.25, -0.2) is 4.98 Å². The molecule has 2 aromatic carbocycles. The van der Waals surface area contributed by atoms with Crippen molar-refractivity contribution in [2.75, 3.05) is 23.9 Å². The minimum absolute atomic E-state index is 0.0123. The van der Waals surface area contributed by atoms with Crippen molar-refractivity contribution in [1.82, 2.24) is 4.98 Å². The molecule has 1 aromatic heterocycles. The molecule has 1 aliphatic heterocycles. The number of carbonyl (C=O) groups is 2. The smallest absolute Gasteiger partial charge is 0.301 e. The number of hydrogen-bond acceptors (Lipinski definition) is 5. The first-order valence-electron chi connectivity index (χ1n) is 10.1. The molecule has 0 radical (unpaired) electrons. The molecular weight excluding hydrogens is 426 g/mol. The Morgan fingerprint density at radius 3 is 2.25 bits per heavy atom. The third-order valence-corrected chi connectivity index (χ3v) is 5.66. The van der Waals surface area contributed by atoms with Gasteiger partial charge in [0.05, 0.1) is 11.6 Å². The molecule has 0 bridgehead atoms. The molecule has 4 rings (SSSR count). The minimum Gasteiger partial charge on any atom is -0.507 e. The van der Waals surface area contributed by atoms with Gasteiger partial charge < -0.3 is 10.0 Å². The molecular formula is C25H22ClN3O3. The molecule has 0 aliphatic carbocycles. The van der Waals surface area contributed by atoms with Crippen LogP contribution < -0.4 is 9.80 Å². The summed E-state index contributed by atoms with van der Waals surface area (Å²) in [6.45, 7) is 1.81. The second-order valence-electron chi connectivity index (χ2n) is 7.80. The molecule has 1 fully saturated rings. The normalized spacial score (nSPS) is 17.6. The van der Waals surface area contributed by atoms with E-state index in [1.54, 1.807) is 36.4 Å². The van der Waals surface area contributed by atoms with Crippen LogP contribution in [0.5, 0.6) is 0 Å². The number of Topliss-reactive ketones (excluding diaryl/α,β-unsaturated/α-hetero) is 1. The van der Waals surface area contributed by atoms with Crippen LogP contribution in [0.1, 0.15) is 22.9 Å². The van der Waals surface area contributed by atoms with Gasteiger partial charge >= 0.3 is 5.91 Å². The number of aromatic nitrogens is 1. The highest BCUT2D eigenvalue weighted by molar-refractivity contribution is 6.51. The number of carbonyl (C=O) groups excluding carboxylic acids is 2. The lowest BCUT2D eigenvalue weighted by atomic mass is 9.95. The molecule has 3 aromatic rings. The van der Waals surface area contributed by atoms with E-state index in [0.29, 0.717) is 27.7 Å². The van der Waals surface area contributed by atoms with Gasteiger partial charge in [0, 0.05) is 36.1 Å². The Morgan fingerprint density at radius 1 is 1.00 bits per heavy atom. The molecule has 1 N–H and O–H groups in total. The van der Waals surface area contributed by atoms with E-state index in [0.717, 1.165) is 5.69 Å². The summed E-state index contributed by atoms with van der Waals surface area (Å²) >= 11 is 5.97. The van der Waals surface area contributed by atoms with E-state index in [9.17, 15) is 14.7 Å². The molecule has 0 unspecified atom stereocenters. The predicted octanol–water partition coefficient (Wildman–Crippen LogP) is 4.74. The van der Waals surface area contributed by atoms with Gasteiger partial charge in [0.2, 0.25) is 0 Å². The van der Waals surface area contributed by atoms with Crippen LogP contribution in [0, 0.1) is 6.92 Å². The number of ketones is 1. The summed E-state index contributed by atoms with van der Waals surface area (Å²) in [5.74, 6) is -1.40. The van der Waals surface area contributed by atoms with Crippen LogP contribution in [-0.2, 0) is 9.59 Å². The van der Waals surface area contributed by atoms with Gasteiger partial charge in [-0.15, -0.1) is 0 Å². The highest BCUT2D eigenvalue weighted by Gasteiger charge is 2.47. The first-order valence-corrected chi connectivity index (χ1v) is 10.4. The first-order chi connectivity index (χ1) is 15.3. The zero-order valence-corrected chi connectivity index (χ0v) is 18.7. The largest absolute Gasteiger partial charge is 0.507 e. The van der Waals surface area contributed by atoms with Gasteiger partial charge in [-0.2, -0.15) is 0 Å². The van der Waals surface area contributed by atoms with Crippen molar-refractivity contribution in [3.05, 3.63) is 94.1 Å². The second-order valence-corrected chi connectivity index (χ2v) is 8.24. The average molecular weight is 448 g/mol. The monoisotopic (exact) mass is 447 g/mol.